The Balaban J connectivity index is 1.60. The molecule has 26 heavy (non-hydrogen) atoms. The van der Waals surface area contributed by atoms with Crippen LogP contribution in [-0.2, 0) is 6.54 Å². The summed E-state index contributed by atoms with van der Waals surface area (Å²) in [5.74, 6) is 0.453. The van der Waals surface area contributed by atoms with E-state index in [2.05, 4.69) is 9.97 Å². The van der Waals surface area contributed by atoms with Gasteiger partial charge in [0, 0.05) is 43.5 Å². The molecule has 3 heterocycles. The van der Waals surface area contributed by atoms with Crippen LogP contribution in [0.15, 0.2) is 40.3 Å². The minimum atomic E-state index is -0.276. The molecule has 1 aliphatic rings. The fourth-order valence-corrected chi connectivity index (χ4v) is 3.25. The SMILES string of the molecule is CC(C)c1cc(=O)n(CC2CCN(C(=O)c3cc[nH]c(=O)c3)CC2)cn1. The largest absolute Gasteiger partial charge is 0.339 e. The van der Waals surface area contributed by atoms with Crippen LogP contribution >= 0.6 is 0 Å². The number of aromatic nitrogens is 3. The first-order valence-electron chi connectivity index (χ1n) is 8.98. The number of nitrogens with zero attached hydrogens (tertiary/aromatic N) is 3. The second kappa shape index (κ2) is 7.68. The first-order chi connectivity index (χ1) is 12.4. The molecule has 0 atom stereocenters. The van der Waals surface area contributed by atoms with Gasteiger partial charge in [0.15, 0.2) is 0 Å². The van der Waals surface area contributed by atoms with Crippen LogP contribution in [0.3, 0.4) is 0 Å². The van der Waals surface area contributed by atoms with E-state index in [0.29, 0.717) is 31.1 Å². The summed E-state index contributed by atoms with van der Waals surface area (Å²) in [5, 5.41) is 0. The number of pyridine rings is 1. The average molecular weight is 356 g/mol. The third-order valence-corrected chi connectivity index (χ3v) is 4.87. The normalized spacial score (nSPS) is 15.4. The lowest BCUT2D eigenvalue weighted by Crippen LogP contribution is -2.40. The van der Waals surface area contributed by atoms with Gasteiger partial charge in [0.05, 0.1) is 12.0 Å². The third-order valence-electron chi connectivity index (χ3n) is 4.87. The number of piperidine rings is 1. The van der Waals surface area contributed by atoms with Crippen LogP contribution in [0, 0.1) is 5.92 Å². The van der Waals surface area contributed by atoms with Crippen LogP contribution in [0.5, 0.6) is 0 Å². The van der Waals surface area contributed by atoms with Gasteiger partial charge >= 0.3 is 0 Å². The molecule has 3 rings (SSSR count). The highest BCUT2D eigenvalue weighted by atomic mass is 16.2. The molecule has 0 saturated carbocycles. The molecular weight excluding hydrogens is 332 g/mol. The molecule has 0 unspecified atom stereocenters. The molecule has 7 nitrogen and oxygen atoms in total. The molecule has 1 saturated heterocycles. The molecule has 2 aromatic heterocycles. The van der Waals surface area contributed by atoms with Crippen molar-refractivity contribution in [2.45, 2.75) is 39.2 Å². The Bertz CT molecular complexity index is 892. The summed E-state index contributed by atoms with van der Waals surface area (Å²) in [6.45, 7) is 5.90. The molecule has 1 N–H and O–H groups in total. The molecule has 1 amide bonds. The molecule has 0 radical (unpaired) electrons. The van der Waals surface area contributed by atoms with Gasteiger partial charge in [-0.15, -0.1) is 0 Å². The summed E-state index contributed by atoms with van der Waals surface area (Å²) < 4.78 is 1.66. The lowest BCUT2D eigenvalue weighted by atomic mass is 9.96. The van der Waals surface area contributed by atoms with E-state index in [0.717, 1.165) is 18.5 Å². The minimum Gasteiger partial charge on any atom is -0.339 e. The Morgan fingerprint density at radius 3 is 2.62 bits per heavy atom. The number of hydrogen-bond acceptors (Lipinski definition) is 4. The molecule has 1 aliphatic heterocycles. The maximum atomic E-state index is 12.5. The molecule has 7 heteroatoms. The van der Waals surface area contributed by atoms with Gasteiger partial charge in [-0.2, -0.15) is 0 Å². The lowest BCUT2D eigenvalue weighted by molar-refractivity contribution is 0.0682. The second-order valence-electron chi connectivity index (χ2n) is 7.14. The quantitative estimate of drug-likeness (QED) is 0.901. The monoisotopic (exact) mass is 356 g/mol. The van der Waals surface area contributed by atoms with Gasteiger partial charge in [0.25, 0.3) is 11.5 Å². The van der Waals surface area contributed by atoms with Gasteiger partial charge in [-0.3, -0.25) is 19.0 Å². The van der Waals surface area contributed by atoms with Gasteiger partial charge < -0.3 is 9.88 Å². The number of carbonyl (C=O) groups excluding carboxylic acids is 1. The van der Waals surface area contributed by atoms with Crippen molar-refractivity contribution in [3.8, 4) is 0 Å². The van der Waals surface area contributed by atoms with E-state index in [1.807, 2.05) is 13.8 Å². The number of carbonyl (C=O) groups is 1. The van der Waals surface area contributed by atoms with Crippen LogP contribution in [0.1, 0.15) is 48.7 Å². The van der Waals surface area contributed by atoms with Crippen LogP contribution in [0.25, 0.3) is 0 Å². The maximum Gasteiger partial charge on any atom is 0.254 e. The standard InChI is InChI=1S/C19H24N4O3/c1-13(2)16-10-18(25)23(12-21-16)11-14-4-7-22(8-5-14)19(26)15-3-6-20-17(24)9-15/h3,6,9-10,12-14H,4-5,7-8,11H2,1-2H3,(H,20,24). The fraction of sp³-hybridized carbons (Fsp3) is 0.474. The Morgan fingerprint density at radius 1 is 1.27 bits per heavy atom. The summed E-state index contributed by atoms with van der Waals surface area (Å²) in [4.78, 5) is 44.7. The average Bonchev–Trinajstić information content (AvgIpc) is 2.63. The van der Waals surface area contributed by atoms with E-state index >= 15 is 0 Å². The summed E-state index contributed by atoms with van der Waals surface area (Å²) in [6.07, 6.45) is 4.77. The van der Waals surface area contributed by atoms with Crippen molar-refractivity contribution in [3.63, 3.8) is 0 Å². The number of hydrogen-bond donors (Lipinski definition) is 1. The first kappa shape index (κ1) is 18.1. The van der Waals surface area contributed by atoms with Crippen molar-refractivity contribution >= 4 is 5.91 Å². The Labute approximate surface area is 151 Å². The Morgan fingerprint density at radius 2 is 2.00 bits per heavy atom. The Hall–Kier alpha value is -2.70. The topological polar surface area (TPSA) is 88.1 Å². The van der Waals surface area contributed by atoms with E-state index in [4.69, 9.17) is 0 Å². The van der Waals surface area contributed by atoms with Crippen LogP contribution in [0.4, 0.5) is 0 Å². The van der Waals surface area contributed by atoms with E-state index in [-0.39, 0.29) is 22.9 Å². The van der Waals surface area contributed by atoms with E-state index in [9.17, 15) is 14.4 Å². The van der Waals surface area contributed by atoms with Crippen molar-refractivity contribution in [2.24, 2.45) is 5.92 Å². The predicted molar refractivity (Wildman–Crippen MR) is 98.3 cm³/mol. The number of nitrogens with one attached hydrogen (secondary N) is 1. The minimum absolute atomic E-state index is 0.0225. The Kier molecular flexibility index (Phi) is 5.35. The molecule has 1 fully saturated rings. The van der Waals surface area contributed by atoms with Gasteiger partial charge in [0.1, 0.15) is 0 Å². The van der Waals surface area contributed by atoms with E-state index in [1.54, 1.807) is 27.9 Å². The van der Waals surface area contributed by atoms with Crippen molar-refractivity contribution in [2.75, 3.05) is 13.1 Å². The lowest BCUT2D eigenvalue weighted by Gasteiger charge is -2.32. The summed E-state index contributed by atoms with van der Waals surface area (Å²) in [6, 6.07) is 4.56. The second-order valence-corrected chi connectivity index (χ2v) is 7.14. The number of aromatic amines is 1. The van der Waals surface area contributed by atoms with Crippen LogP contribution in [0.2, 0.25) is 0 Å². The van der Waals surface area contributed by atoms with Crippen molar-refractivity contribution < 1.29 is 4.79 Å². The summed E-state index contributed by atoms with van der Waals surface area (Å²) in [5.41, 5.74) is 0.926. The van der Waals surface area contributed by atoms with Gasteiger partial charge in [-0.1, -0.05) is 13.8 Å². The molecule has 2 aromatic rings. The molecule has 0 spiro atoms. The summed E-state index contributed by atoms with van der Waals surface area (Å²) in [7, 11) is 0. The summed E-state index contributed by atoms with van der Waals surface area (Å²) >= 11 is 0. The maximum absolute atomic E-state index is 12.5. The number of rotatable bonds is 4. The van der Waals surface area contributed by atoms with E-state index in [1.165, 1.54) is 12.3 Å². The van der Waals surface area contributed by atoms with Crippen molar-refractivity contribution in [3.05, 3.63) is 62.7 Å². The number of likely N-dealkylation sites (tertiary alicyclic amines) is 1. The highest BCUT2D eigenvalue weighted by Gasteiger charge is 2.24. The fourth-order valence-electron chi connectivity index (χ4n) is 3.25. The third kappa shape index (κ3) is 4.09. The molecular formula is C19H24N4O3. The highest BCUT2D eigenvalue weighted by Crippen LogP contribution is 2.20. The van der Waals surface area contributed by atoms with Crippen molar-refractivity contribution in [1.82, 2.24) is 19.4 Å². The smallest absolute Gasteiger partial charge is 0.254 e. The zero-order valence-corrected chi connectivity index (χ0v) is 15.1. The number of H-pyrrole nitrogens is 1. The zero-order chi connectivity index (χ0) is 18.7. The zero-order valence-electron chi connectivity index (χ0n) is 15.1. The van der Waals surface area contributed by atoms with Crippen LogP contribution in [-0.4, -0.2) is 38.4 Å². The highest BCUT2D eigenvalue weighted by molar-refractivity contribution is 5.94. The molecule has 0 aliphatic carbocycles. The van der Waals surface area contributed by atoms with Crippen molar-refractivity contribution in [1.29, 1.82) is 0 Å². The van der Waals surface area contributed by atoms with Gasteiger partial charge in [-0.25, -0.2) is 4.98 Å². The number of amides is 1. The van der Waals surface area contributed by atoms with E-state index < -0.39 is 0 Å². The molecule has 138 valence electrons. The molecule has 0 bridgehead atoms. The van der Waals surface area contributed by atoms with Crippen LogP contribution < -0.4 is 11.1 Å². The van der Waals surface area contributed by atoms with Gasteiger partial charge in [-0.05, 0) is 30.7 Å². The predicted octanol–water partition coefficient (Wildman–Crippen LogP) is 1.61. The first-order valence-corrected chi connectivity index (χ1v) is 8.98. The van der Waals surface area contributed by atoms with Gasteiger partial charge in [0.2, 0.25) is 5.56 Å². The molecule has 0 aromatic carbocycles.